The molecule has 0 saturated heterocycles. The standard InChI is InChI=1S/C13H8Cl2N2O3/c1-2-9-16-13(17-20-9)8-5-3-4-7(6-8)10(11(14)18)12(15)19/h2-6,10H,1H2. The lowest BCUT2D eigenvalue weighted by Gasteiger charge is -2.08. The Balaban J connectivity index is 2.43. The van der Waals surface area contributed by atoms with E-state index in [2.05, 4.69) is 16.7 Å². The van der Waals surface area contributed by atoms with Gasteiger partial charge < -0.3 is 4.52 Å². The van der Waals surface area contributed by atoms with Crippen LogP contribution in [-0.2, 0) is 9.59 Å². The second-order valence-corrected chi connectivity index (χ2v) is 4.57. The van der Waals surface area contributed by atoms with E-state index in [1.54, 1.807) is 24.3 Å². The maximum Gasteiger partial charge on any atom is 0.250 e. The van der Waals surface area contributed by atoms with Crippen molar-refractivity contribution in [1.29, 1.82) is 0 Å². The molecule has 0 aliphatic heterocycles. The average Bonchev–Trinajstić information content (AvgIpc) is 2.87. The van der Waals surface area contributed by atoms with Crippen molar-refractivity contribution in [2.75, 3.05) is 0 Å². The highest BCUT2D eigenvalue weighted by molar-refractivity contribution is 6.74. The van der Waals surface area contributed by atoms with E-state index in [4.69, 9.17) is 27.7 Å². The molecule has 0 aliphatic rings. The molecule has 1 heterocycles. The lowest BCUT2D eigenvalue weighted by Crippen LogP contribution is -2.13. The highest BCUT2D eigenvalue weighted by Gasteiger charge is 2.26. The third-order valence-electron chi connectivity index (χ3n) is 2.55. The first kappa shape index (κ1) is 14.4. The van der Waals surface area contributed by atoms with Crippen LogP contribution < -0.4 is 0 Å². The van der Waals surface area contributed by atoms with Gasteiger partial charge >= 0.3 is 0 Å². The van der Waals surface area contributed by atoms with Gasteiger partial charge in [-0.15, -0.1) is 0 Å². The zero-order chi connectivity index (χ0) is 14.7. The van der Waals surface area contributed by atoms with Gasteiger partial charge in [-0.3, -0.25) is 9.59 Å². The van der Waals surface area contributed by atoms with Crippen LogP contribution in [0.1, 0.15) is 17.4 Å². The predicted molar refractivity (Wildman–Crippen MR) is 74.3 cm³/mol. The summed E-state index contributed by atoms with van der Waals surface area (Å²) in [6, 6.07) is 6.48. The summed E-state index contributed by atoms with van der Waals surface area (Å²) < 4.78 is 4.90. The molecule has 1 aromatic heterocycles. The Kier molecular flexibility index (Phi) is 4.32. The summed E-state index contributed by atoms with van der Waals surface area (Å²) in [7, 11) is 0. The molecule has 2 rings (SSSR count). The van der Waals surface area contributed by atoms with E-state index in [0.29, 0.717) is 17.0 Å². The number of nitrogens with zero attached hydrogens (tertiary/aromatic N) is 2. The van der Waals surface area contributed by atoms with Crippen LogP contribution >= 0.6 is 23.2 Å². The van der Waals surface area contributed by atoms with Crippen LogP contribution in [0.15, 0.2) is 35.4 Å². The minimum Gasteiger partial charge on any atom is -0.334 e. The summed E-state index contributed by atoms with van der Waals surface area (Å²) in [5.74, 6) is -0.641. The van der Waals surface area contributed by atoms with Crippen molar-refractivity contribution in [3.8, 4) is 11.4 Å². The van der Waals surface area contributed by atoms with Gasteiger partial charge in [0.2, 0.25) is 22.2 Å². The van der Waals surface area contributed by atoms with Crippen LogP contribution in [0, 0.1) is 0 Å². The number of carbonyl (C=O) groups is 2. The first-order valence-electron chi connectivity index (χ1n) is 5.48. The smallest absolute Gasteiger partial charge is 0.250 e. The van der Waals surface area contributed by atoms with Crippen molar-refractivity contribution in [2.24, 2.45) is 0 Å². The van der Waals surface area contributed by atoms with Gasteiger partial charge in [0, 0.05) is 5.56 Å². The zero-order valence-electron chi connectivity index (χ0n) is 10.0. The van der Waals surface area contributed by atoms with Gasteiger partial charge in [-0.05, 0) is 40.9 Å². The summed E-state index contributed by atoms with van der Waals surface area (Å²) in [4.78, 5) is 26.6. The van der Waals surface area contributed by atoms with Gasteiger partial charge in [0.1, 0.15) is 5.92 Å². The Hall–Kier alpha value is -1.98. The number of hydrogen-bond donors (Lipinski definition) is 0. The first-order valence-corrected chi connectivity index (χ1v) is 6.23. The van der Waals surface area contributed by atoms with Crippen molar-refractivity contribution >= 4 is 39.8 Å². The van der Waals surface area contributed by atoms with Gasteiger partial charge in [0.25, 0.3) is 0 Å². The van der Waals surface area contributed by atoms with Gasteiger partial charge in [-0.1, -0.05) is 29.9 Å². The quantitative estimate of drug-likeness (QED) is 0.627. The summed E-state index contributed by atoms with van der Waals surface area (Å²) in [6.45, 7) is 3.51. The summed E-state index contributed by atoms with van der Waals surface area (Å²) in [5.41, 5.74) is 0.938. The summed E-state index contributed by atoms with van der Waals surface area (Å²) in [5, 5.41) is 2.06. The Morgan fingerprint density at radius 2 is 2.00 bits per heavy atom. The number of aromatic nitrogens is 2. The third-order valence-corrected chi connectivity index (χ3v) is 2.98. The van der Waals surface area contributed by atoms with Crippen molar-refractivity contribution in [3.63, 3.8) is 0 Å². The minimum absolute atomic E-state index is 0.267. The molecule has 2 aromatic rings. The van der Waals surface area contributed by atoms with E-state index in [0.717, 1.165) is 0 Å². The molecule has 0 atom stereocenters. The van der Waals surface area contributed by atoms with Crippen LogP contribution in [0.5, 0.6) is 0 Å². The molecule has 5 nitrogen and oxygen atoms in total. The number of rotatable bonds is 5. The van der Waals surface area contributed by atoms with E-state index in [1.807, 2.05) is 0 Å². The predicted octanol–water partition coefficient (Wildman–Crippen LogP) is 2.99. The van der Waals surface area contributed by atoms with E-state index in [1.165, 1.54) is 6.08 Å². The van der Waals surface area contributed by atoms with E-state index < -0.39 is 16.4 Å². The minimum atomic E-state index is -1.22. The molecule has 0 radical (unpaired) electrons. The van der Waals surface area contributed by atoms with E-state index in [-0.39, 0.29) is 5.89 Å². The zero-order valence-corrected chi connectivity index (χ0v) is 11.6. The monoisotopic (exact) mass is 310 g/mol. The van der Waals surface area contributed by atoms with Crippen LogP contribution in [0.2, 0.25) is 0 Å². The van der Waals surface area contributed by atoms with Crippen LogP contribution in [0.25, 0.3) is 17.5 Å². The van der Waals surface area contributed by atoms with Crippen molar-refractivity contribution < 1.29 is 14.1 Å². The second kappa shape index (κ2) is 5.98. The van der Waals surface area contributed by atoms with Crippen LogP contribution in [0.3, 0.4) is 0 Å². The van der Waals surface area contributed by atoms with Crippen LogP contribution in [-0.4, -0.2) is 20.6 Å². The Bertz CT molecular complexity index is 668. The second-order valence-electron chi connectivity index (χ2n) is 3.83. The van der Waals surface area contributed by atoms with Gasteiger partial charge in [-0.25, -0.2) is 0 Å². The fourth-order valence-corrected chi connectivity index (χ4v) is 2.15. The Labute approximate surface area is 124 Å². The normalized spacial score (nSPS) is 10.6. The fraction of sp³-hybridized carbons (Fsp3) is 0.0769. The van der Waals surface area contributed by atoms with Gasteiger partial charge in [0.05, 0.1) is 0 Å². The maximum absolute atomic E-state index is 11.3. The molecule has 0 bridgehead atoms. The molecule has 0 spiro atoms. The topological polar surface area (TPSA) is 73.1 Å². The third kappa shape index (κ3) is 2.95. The summed E-state index contributed by atoms with van der Waals surface area (Å²) in [6.07, 6.45) is 1.41. The highest BCUT2D eigenvalue weighted by atomic mass is 35.5. The highest BCUT2D eigenvalue weighted by Crippen LogP contribution is 2.26. The molecule has 20 heavy (non-hydrogen) atoms. The first-order chi connectivity index (χ1) is 9.52. The van der Waals surface area contributed by atoms with Crippen molar-refractivity contribution in [1.82, 2.24) is 10.1 Å². The molecule has 0 amide bonds. The molecule has 0 N–H and O–H groups in total. The average molecular weight is 311 g/mol. The molecular formula is C13H8Cl2N2O3. The number of hydrogen-bond acceptors (Lipinski definition) is 5. The number of benzene rings is 1. The molecule has 0 aliphatic carbocycles. The molecule has 7 heteroatoms. The SMILES string of the molecule is C=Cc1nc(-c2cccc(C(C(=O)Cl)C(=O)Cl)c2)no1. The van der Waals surface area contributed by atoms with E-state index >= 15 is 0 Å². The Morgan fingerprint density at radius 1 is 1.30 bits per heavy atom. The molecule has 0 unspecified atom stereocenters. The van der Waals surface area contributed by atoms with Gasteiger partial charge in [0.15, 0.2) is 0 Å². The largest absolute Gasteiger partial charge is 0.334 e. The van der Waals surface area contributed by atoms with Gasteiger partial charge in [-0.2, -0.15) is 4.98 Å². The molecule has 102 valence electrons. The lowest BCUT2D eigenvalue weighted by molar-refractivity contribution is -0.120. The molecule has 0 fully saturated rings. The molecule has 1 aromatic carbocycles. The Morgan fingerprint density at radius 3 is 2.55 bits per heavy atom. The summed E-state index contributed by atoms with van der Waals surface area (Å²) >= 11 is 10.8. The fourth-order valence-electron chi connectivity index (χ4n) is 1.64. The number of carbonyl (C=O) groups excluding carboxylic acids is 2. The number of halogens is 2. The molecular weight excluding hydrogens is 303 g/mol. The molecule has 0 saturated carbocycles. The van der Waals surface area contributed by atoms with Crippen molar-refractivity contribution in [2.45, 2.75) is 5.92 Å². The van der Waals surface area contributed by atoms with E-state index in [9.17, 15) is 9.59 Å². The van der Waals surface area contributed by atoms with Crippen molar-refractivity contribution in [3.05, 3.63) is 42.3 Å². The van der Waals surface area contributed by atoms with Crippen LogP contribution in [0.4, 0.5) is 0 Å². The lowest BCUT2D eigenvalue weighted by atomic mass is 9.99. The maximum atomic E-state index is 11.3.